The van der Waals surface area contributed by atoms with Gasteiger partial charge in [-0.3, -0.25) is 10.1 Å². The molecule has 112 valence electrons. The second-order valence-electron chi connectivity index (χ2n) is 4.49. The van der Waals surface area contributed by atoms with Crippen molar-refractivity contribution >= 4 is 17.3 Å². The summed E-state index contributed by atoms with van der Waals surface area (Å²) in [6, 6.07) is 4.29. The molecule has 21 heavy (non-hydrogen) atoms. The molecule has 8 heteroatoms. The summed E-state index contributed by atoms with van der Waals surface area (Å²) in [5.41, 5.74) is 1.47. The molecule has 1 aromatic carbocycles. The van der Waals surface area contributed by atoms with E-state index in [9.17, 15) is 10.1 Å². The van der Waals surface area contributed by atoms with E-state index in [1.165, 1.54) is 12.1 Å². The van der Waals surface area contributed by atoms with Gasteiger partial charge >= 0.3 is 5.69 Å². The van der Waals surface area contributed by atoms with E-state index >= 15 is 0 Å². The average molecular weight is 311 g/mol. The van der Waals surface area contributed by atoms with Crippen LogP contribution in [0.15, 0.2) is 18.2 Å². The largest absolute Gasteiger partial charge is 0.432 e. The van der Waals surface area contributed by atoms with Crippen LogP contribution in [0.4, 0.5) is 5.69 Å². The lowest BCUT2D eigenvalue weighted by Crippen LogP contribution is -2.07. The van der Waals surface area contributed by atoms with Crippen LogP contribution in [0.3, 0.4) is 0 Å². The molecular formula is C13H15ClN4O3. The third kappa shape index (κ3) is 3.14. The fourth-order valence-electron chi connectivity index (χ4n) is 2.01. The van der Waals surface area contributed by atoms with Crippen LogP contribution in [-0.2, 0) is 13.6 Å². The smallest absolute Gasteiger partial charge is 0.313 e. The van der Waals surface area contributed by atoms with E-state index in [1.807, 2.05) is 6.92 Å². The fourth-order valence-corrected chi connectivity index (χ4v) is 2.18. The summed E-state index contributed by atoms with van der Waals surface area (Å²) in [5, 5.41) is 18.7. The summed E-state index contributed by atoms with van der Waals surface area (Å²) >= 11 is 5.79. The highest BCUT2D eigenvalue weighted by Crippen LogP contribution is 2.35. The molecule has 0 atom stereocenters. The highest BCUT2D eigenvalue weighted by atomic mass is 35.5. The number of aryl methyl sites for hydroxylation is 2. The zero-order chi connectivity index (χ0) is 15.6. The molecule has 2 rings (SSSR count). The van der Waals surface area contributed by atoms with Crippen LogP contribution < -0.4 is 10.1 Å². The van der Waals surface area contributed by atoms with Crippen LogP contribution in [0.25, 0.3) is 0 Å². The molecule has 1 aromatic heterocycles. The second kappa shape index (κ2) is 6.11. The number of nitrogens with one attached hydrogen (secondary N) is 1. The van der Waals surface area contributed by atoms with Crippen molar-refractivity contribution in [3.05, 3.63) is 44.6 Å². The van der Waals surface area contributed by atoms with E-state index in [2.05, 4.69) is 10.4 Å². The fraction of sp³-hybridized carbons (Fsp3) is 0.308. The Morgan fingerprint density at radius 2 is 2.24 bits per heavy atom. The van der Waals surface area contributed by atoms with E-state index < -0.39 is 4.92 Å². The quantitative estimate of drug-likeness (QED) is 0.678. The van der Waals surface area contributed by atoms with Gasteiger partial charge in [-0.05, 0) is 26.1 Å². The van der Waals surface area contributed by atoms with Gasteiger partial charge in [-0.25, -0.2) is 4.68 Å². The molecule has 0 unspecified atom stereocenters. The van der Waals surface area contributed by atoms with Crippen LogP contribution in [0.5, 0.6) is 11.6 Å². The van der Waals surface area contributed by atoms with E-state index in [0.717, 1.165) is 11.3 Å². The Morgan fingerprint density at radius 3 is 2.86 bits per heavy atom. The zero-order valence-corrected chi connectivity index (χ0v) is 12.6. The number of hydrogen-bond donors (Lipinski definition) is 1. The van der Waals surface area contributed by atoms with Gasteiger partial charge in [0.25, 0.3) is 0 Å². The van der Waals surface area contributed by atoms with E-state index in [1.54, 1.807) is 24.8 Å². The van der Waals surface area contributed by atoms with Crippen molar-refractivity contribution in [2.45, 2.75) is 13.5 Å². The predicted molar refractivity (Wildman–Crippen MR) is 78.9 cm³/mol. The van der Waals surface area contributed by atoms with Crippen molar-refractivity contribution in [2.24, 2.45) is 7.05 Å². The number of halogens is 1. The Balaban J connectivity index is 2.45. The van der Waals surface area contributed by atoms with Crippen LogP contribution in [0.1, 0.15) is 11.3 Å². The van der Waals surface area contributed by atoms with E-state index in [-0.39, 0.29) is 16.5 Å². The number of rotatable bonds is 5. The first-order chi connectivity index (χ1) is 9.93. The molecule has 0 saturated carbocycles. The normalized spacial score (nSPS) is 10.7. The highest BCUT2D eigenvalue weighted by Gasteiger charge is 2.21. The lowest BCUT2D eigenvalue weighted by Gasteiger charge is -2.09. The molecule has 0 aliphatic heterocycles. The van der Waals surface area contributed by atoms with Crippen LogP contribution in [0.2, 0.25) is 5.02 Å². The third-order valence-corrected chi connectivity index (χ3v) is 3.20. The Labute approximate surface area is 126 Å². The van der Waals surface area contributed by atoms with Gasteiger partial charge in [0.1, 0.15) is 0 Å². The Morgan fingerprint density at radius 1 is 1.52 bits per heavy atom. The number of nitro groups is 1. The lowest BCUT2D eigenvalue weighted by atomic mass is 10.2. The Bertz CT molecular complexity index is 684. The van der Waals surface area contributed by atoms with Crippen molar-refractivity contribution in [1.82, 2.24) is 15.1 Å². The molecule has 0 radical (unpaired) electrons. The predicted octanol–water partition coefficient (Wildman–Crippen LogP) is 2.80. The summed E-state index contributed by atoms with van der Waals surface area (Å²) < 4.78 is 7.28. The molecule has 0 bridgehead atoms. The summed E-state index contributed by atoms with van der Waals surface area (Å²) in [4.78, 5) is 10.6. The third-order valence-electron chi connectivity index (χ3n) is 2.97. The van der Waals surface area contributed by atoms with Gasteiger partial charge in [-0.1, -0.05) is 11.6 Å². The lowest BCUT2D eigenvalue weighted by molar-refractivity contribution is -0.385. The molecule has 0 amide bonds. The van der Waals surface area contributed by atoms with Crippen molar-refractivity contribution in [3.8, 4) is 11.6 Å². The first-order valence-corrected chi connectivity index (χ1v) is 6.60. The molecule has 0 saturated heterocycles. The highest BCUT2D eigenvalue weighted by molar-refractivity contribution is 6.30. The molecule has 7 nitrogen and oxygen atoms in total. The number of benzene rings is 1. The monoisotopic (exact) mass is 310 g/mol. The molecule has 0 aliphatic carbocycles. The van der Waals surface area contributed by atoms with Crippen molar-refractivity contribution in [2.75, 3.05) is 7.05 Å². The molecule has 0 fully saturated rings. The van der Waals surface area contributed by atoms with Crippen LogP contribution in [-0.4, -0.2) is 21.8 Å². The van der Waals surface area contributed by atoms with Crippen molar-refractivity contribution < 1.29 is 9.66 Å². The summed E-state index contributed by atoms with van der Waals surface area (Å²) in [6.07, 6.45) is 0. The molecule has 2 aromatic rings. The Hall–Kier alpha value is -2.12. The second-order valence-corrected chi connectivity index (χ2v) is 4.93. The maximum atomic E-state index is 11.1. The van der Waals surface area contributed by atoms with E-state index in [0.29, 0.717) is 12.4 Å². The van der Waals surface area contributed by atoms with E-state index in [4.69, 9.17) is 16.3 Å². The summed E-state index contributed by atoms with van der Waals surface area (Å²) in [5.74, 6) is 0.594. The minimum absolute atomic E-state index is 0.129. The van der Waals surface area contributed by atoms with Gasteiger partial charge in [0.15, 0.2) is 0 Å². The molecule has 0 spiro atoms. The zero-order valence-electron chi connectivity index (χ0n) is 11.9. The van der Waals surface area contributed by atoms with Crippen LogP contribution in [0, 0.1) is 17.0 Å². The molecule has 1 N–H and O–H groups in total. The van der Waals surface area contributed by atoms with Gasteiger partial charge in [0.05, 0.1) is 16.2 Å². The maximum absolute atomic E-state index is 11.1. The maximum Gasteiger partial charge on any atom is 0.313 e. The first-order valence-electron chi connectivity index (χ1n) is 6.23. The summed E-state index contributed by atoms with van der Waals surface area (Å²) in [6.45, 7) is 2.41. The first kappa shape index (κ1) is 15.3. The minimum Gasteiger partial charge on any atom is -0.432 e. The SMILES string of the molecule is CNCc1c(C)nn(C)c1Oc1ccc(Cl)cc1[N+](=O)[O-]. The number of nitrogens with zero attached hydrogens (tertiary/aromatic N) is 3. The number of aromatic nitrogens is 2. The van der Waals surface area contributed by atoms with Gasteiger partial charge in [0, 0.05) is 24.7 Å². The number of hydrogen-bond acceptors (Lipinski definition) is 5. The number of nitro benzene ring substituents is 1. The topological polar surface area (TPSA) is 82.2 Å². The Kier molecular flexibility index (Phi) is 4.44. The van der Waals surface area contributed by atoms with Gasteiger partial charge in [-0.15, -0.1) is 0 Å². The van der Waals surface area contributed by atoms with Crippen molar-refractivity contribution in [1.29, 1.82) is 0 Å². The number of ether oxygens (including phenoxy) is 1. The van der Waals surface area contributed by atoms with Crippen LogP contribution >= 0.6 is 11.6 Å². The van der Waals surface area contributed by atoms with Gasteiger partial charge in [-0.2, -0.15) is 5.10 Å². The minimum atomic E-state index is -0.526. The van der Waals surface area contributed by atoms with Gasteiger partial charge in [0.2, 0.25) is 11.6 Å². The van der Waals surface area contributed by atoms with Gasteiger partial charge < -0.3 is 10.1 Å². The average Bonchev–Trinajstić information content (AvgIpc) is 2.68. The molecule has 0 aliphatic rings. The molecule has 1 heterocycles. The standard InChI is InChI=1S/C13H15ClN4O3/c1-8-10(7-15-2)13(17(3)16-8)21-12-5-4-9(14)6-11(12)18(19)20/h4-6,15H,7H2,1-3H3. The summed E-state index contributed by atoms with van der Waals surface area (Å²) in [7, 11) is 3.53. The molecular weight excluding hydrogens is 296 g/mol. The van der Waals surface area contributed by atoms with Crippen molar-refractivity contribution in [3.63, 3.8) is 0 Å².